The van der Waals surface area contributed by atoms with Crippen molar-refractivity contribution < 1.29 is 9.59 Å². The number of carbonyl (C=O) groups excluding carboxylic acids is 2. The first kappa shape index (κ1) is 9.94. The number of amides is 2. The maximum absolute atomic E-state index is 10.8. The first-order valence-electron chi connectivity index (χ1n) is 3.57. The van der Waals surface area contributed by atoms with Crippen molar-refractivity contribution in [2.75, 3.05) is 6.54 Å². The van der Waals surface area contributed by atoms with Crippen LogP contribution in [0.3, 0.4) is 0 Å². The van der Waals surface area contributed by atoms with Crippen LogP contribution in [0, 0.1) is 5.92 Å². The fourth-order valence-electron chi connectivity index (χ4n) is 0.629. The number of rotatable bonds is 4. The van der Waals surface area contributed by atoms with Crippen LogP contribution in [-0.4, -0.2) is 18.4 Å². The zero-order valence-electron chi connectivity index (χ0n) is 6.89. The standard InChI is InChI=1S/C7H14N2O2/c1-5(2)3-7(11)9-4-6(8)10/h5H,3-4H2,1-2H3,(H2,8,10)(H,9,11). The Bertz CT molecular complexity index is 155. The Kier molecular flexibility index (Phi) is 4.26. The first-order chi connectivity index (χ1) is 5.02. The lowest BCUT2D eigenvalue weighted by Crippen LogP contribution is -2.33. The van der Waals surface area contributed by atoms with Gasteiger partial charge in [-0.15, -0.1) is 0 Å². The first-order valence-corrected chi connectivity index (χ1v) is 3.57. The van der Waals surface area contributed by atoms with Gasteiger partial charge in [0.2, 0.25) is 11.8 Å². The van der Waals surface area contributed by atoms with Gasteiger partial charge in [-0.3, -0.25) is 9.59 Å². The highest BCUT2D eigenvalue weighted by molar-refractivity contribution is 5.83. The van der Waals surface area contributed by atoms with Crippen LogP contribution in [0.5, 0.6) is 0 Å². The summed E-state index contributed by atoms with van der Waals surface area (Å²) in [6, 6.07) is 0. The van der Waals surface area contributed by atoms with Crippen LogP contribution in [0.2, 0.25) is 0 Å². The molecule has 0 atom stereocenters. The molecule has 0 bridgehead atoms. The van der Waals surface area contributed by atoms with Gasteiger partial charge >= 0.3 is 0 Å². The molecule has 0 spiro atoms. The molecule has 0 saturated carbocycles. The van der Waals surface area contributed by atoms with Gasteiger partial charge in [0.1, 0.15) is 0 Å². The van der Waals surface area contributed by atoms with Crippen LogP contribution in [0.1, 0.15) is 20.3 Å². The van der Waals surface area contributed by atoms with Crippen LogP contribution in [-0.2, 0) is 9.59 Å². The van der Waals surface area contributed by atoms with E-state index in [-0.39, 0.29) is 12.5 Å². The van der Waals surface area contributed by atoms with Gasteiger partial charge in [-0.1, -0.05) is 13.8 Å². The van der Waals surface area contributed by atoms with Gasteiger partial charge in [0.25, 0.3) is 0 Å². The van der Waals surface area contributed by atoms with Crippen LogP contribution >= 0.6 is 0 Å². The number of primary amides is 1. The van der Waals surface area contributed by atoms with Gasteiger partial charge in [0.05, 0.1) is 6.54 Å². The molecule has 4 heteroatoms. The lowest BCUT2D eigenvalue weighted by Gasteiger charge is -2.03. The second-order valence-corrected chi connectivity index (χ2v) is 2.84. The van der Waals surface area contributed by atoms with E-state index >= 15 is 0 Å². The Hall–Kier alpha value is -1.06. The van der Waals surface area contributed by atoms with Crippen LogP contribution in [0.15, 0.2) is 0 Å². The summed E-state index contributed by atoms with van der Waals surface area (Å²) in [7, 11) is 0. The summed E-state index contributed by atoms with van der Waals surface area (Å²) >= 11 is 0. The van der Waals surface area contributed by atoms with Crippen molar-refractivity contribution in [2.45, 2.75) is 20.3 Å². The van der Waals surface area contributed by atoms with Gasteiger partial charge in [-0.05, 0) is 5.92 Å². The smallest absolute Gasteiger partial charge is 0.236 e. The number of nitrogens with two attached hydrogens (primary N) is 1. The van der Waals surface area contributed by atoms with Crippen LogP contribution in [0.4, 0.5) is 0 Å². The Balaban J connectivity index is 3.45. The molecule has 3 N–H and O–H groups in total. The molecule has 0 aromatic rings. The average molecular weight is 158 g/mol. The molecule has 0 rings (SSSR count). The number of nitrogens with one attached hydrogen (secondary N) is 1. The largest absolute Gasteiger partial charge is 0.368 e. The molecule has 0 radical (unpaired) electrons. The third-order valence-electron chi connectivity index (χ3n) is 1.05. The fourth-order valence-corrected chi connectivity index (χ4v) is 0.629. The van der Waals surface area contributed by atoms with Crippen molar-refractivity contribution >= 4 is 11.8 Å². The van der Waals surface area contributed by atoms with Crippen molar-refractivity contribution in [3.63, 3.8) is 0 Å². The SMILES string of the molecule is CC(C)CC(=O)NCC(N)=O. The van der Waals surface area contributed by atoms with Crippen LogP contribution < -0.4 is 11.1 Å². The molecule has 0 aliphatic carbocycles. The predicted octanol–water partition coefficient (Wildman–Crippen LogP) is -0.366. The molecule has 0 unspecified atom stereocenters. The summed E-state index contributed by atoms with van der Waals surface area (Å²) in [5.41, 5.74) is 4.82. The van der Waals surface area contributed by atoms with Crippen molar-refractivity contribution in [1.82, 2.24) is 5.32 Å². The van der Waals surface area contributed by atoms with Gasteiger partial charge in [0, 0.05) is 6.42 Å². The maximum Gasteiger partial charge on any atom is 0.236 e. The molecule has 0 aromatic carbocycles. The molecule has 0 saturated heterocycles. The molecule has 4 nitrogen and oxygen atoms in total. The second kappa shape index (κ2) is 4.71. The van der Waals surface area contributed by atoms with Crippen molar-refractivity contribution in [3.8, 4) is 0 Å². The molecule has 64 valence electrons. The summed E-state index contributed by atoms with van der Waals surface area (Å²) in [5, 5.41) is 2.40. The minimum Gasteiger partial charge on any atom is -0.368 e. The number of hydrogen-bond acceptors (Lipinski definition) is 2. The molecule has 2 amide bonds. The van der Waals surface area contributed by atoms with E-state index in [9.17, 15) is 9.59 Å². The van der Waals surface area contributed by atoms with E-state index in [1.165, 1.54) is 0 Å². The average Bonchev–Trinajstić information content (AvgIpc) is 1.82. The highest BCUT2D eigenvalue weighted by Crippen LogP contribution is 1.97. The Labute approximate surface area is 66.1 Å². The summed E-state index contributed by atoms with van der Waals surface area (Å²) in [6.45, 7) is 3.80. The number of hydrogen-bond donors (Lipinski definition) is 2. The lowest BCUT2D eigenvalue weighted by molar-refractivity contribution is -0.125. The molecule has 0 aliphatic rings. The minimum atomic E-state index is -0.512. The molecular formula is C7H14N2O2. The highest BCUT2D eigenvalue weighted by Gasteiger charge is 2.04. The Morgan fingerprint density at radius 3 is 2.36 bits per heavy atom. The van der Waals surface area contributed by atoms with E-state index in [0.717, 1.165) is 0 Å². The second-order valence-electron chi connectivity index (χ2n) is 2.84. The molecule has 0 fully saturated rings. The van der Waals surface area contributed by atoms with E-state index < -0.39 is 5.91 Å². The zero-order chi connectivity index (χ0) is 8.85. The number of carbonyl (C=O) groups is 2. The normalized spacial score (nSPS) is 9.73. The minimum absolute atomic E-state index is 0.0639. The maximum atomic E-state index is 10.8. The van der Waals surface area contributed by atoms with Crippen LogP contribution in [0.25, 0.3) is 0 Å². The lowest BCUT2D eigenvalue weighted by atomic mass is 10.1. The molecule has 0 aliphatic heterocycles. The molecule has 11 heavy (non-hydrogen) atoms. The Morgan fingerprint density at radius 1 is 1.45 bits per heavy atom. The Morgan fingerprint density at radius 2 is 2.00 bits per heavy atom. The predicted molar refractivity (Wildman–Crippen MR) is 41.7 cm³/mol. The van der Waals surface area contributed by atoms with Crippen molar-refractivity contribution in [1.29, 1.82) is 0 Å². The van der Waals surface area contributed by atoms with E-state index in [4.69, 9.17) is 5.73 Å². The highest BCUT2D eigenvalue weighted by atomic mass is 16.2. The van der Waals surface area contributed by atoms with E-state index in [1.807, 2.05) is 13.8 Å². The van der Waals surface area contributed by atoms with Crippen molar-refractivity contribution in [2.24, 2.45) is 11.7 Å². The summed E-state index contributed by atoms with van der Waals surface area (Å²) in [5.74, 6) is -0.330. The fraction of sp³-hybridized carbons (Fsp3) is 0.714. The van der Waals surface area contributed by atoms with Gasteiger partial charge < -0.3 is 11.1 Å². The summed E-state index contributed by atoms with van der Waals surface area (Å²) in [4.78, 5) is 21.0. The quantitative estimate of drug-likeness (QED) is 0.586. The van der Waals surface area contributed by atoms with E-state index in [1.54, 1.807) is 0 Å². The third-order valence-corrected chi connectivity index (χ3v) is 1.05. The zero-order valence-corrected chi connectivity index (χ0v) is 6.89. The van der Waals surface area contributed by atoms with Crippen molar-refractivity contribution in [3.05, 3.63) is 0 Å². The van der Waals surface area contributed by atoms with E-state index in [2.05, 4.69) is 5.32 Å². The monoisotopic (exact) mass is 158 g/mol. The van der Waals surface area contributed by atoms with E-state index in [0.29, 0.717) is 12.3 Å². The molecule has 0 heterocycles. The topological polar surface area (TPSA) is 72.2 Å². The third kappa shape index (κ3) is 6.83. The molecule has 0 aromatic heterocycles. The summed E-state index contributed by atoms with van der Waals surface area (Å²) in [6.07, 6.45) is 0.438. The van der Waals surface area contributed by atoms with Gasteiger partial charge in [-0.25, -0.2) is 0 Å². The van der Waals surface area contributed by atoms with Gasteiger partial charge in [0.15, 0.2) is 0 Å². The molecular weight excluding hydrogens is 144 g/mol. The summed E-state index contributed by atoms with van der Waals surface area (Å²) < 4.78 is 0. The van der Waals surface area contributed by atoms with Gasteiger partial charge in [-0.2, -0.15) is 0 Å².